The number of nitrogens with one attached hydrogen (secondary N) is 1. The predicted molar refractivity (Wildman–Crippen MR) is 73.2 cm³/mol. The van der Waals surface area contributed by atoms with Gasteiger partial charge in [-0.1, -0.05) is 37.3 Å². The summed E-state index contributed by atoms with van der Waals surface area (Å²) in [5.74, 6) is -10.4. The average Bonchev–Trinajstić information content (AvgIpc) is 2.55. The second-order valence-corrected chi connectivity index (χ2v) is 4.53. The molecule has 0 unspecified atom stereocenters. The molecule has 0 aliphatic rings. The Labute approximate surface area is 123 Å². The maximum Gasteiger partial charge on any atom is 0.200 e. The quantitative estimate of drug-likeness (QED) is 0.288. The highest BCUT2D eigenvalue weighted by Crippen LogP contribution is 2.27. The van der Waals surface area contributed by atoms with E-state index in [1.165, 1.54) is 6.21 Å². The van der Waals surface area contributed by atoms with Gasteiger partial charge in [0.15, 0.2) is 23.3 Å². The van der Waals surface area contributed by atoms with Gasteiger partial charge in [0, 0.05) is 12.1 Å². The summed E-state index contributed by atoms with van der Waals surface area (Å²) in [6, 6.07) is 9.05. The number of hydrazone groups is 1. The number of anilines is 1. The zero-order chi connectivity index (χ0) is 16.3. The molecule has 0 aliphatic heterocycles. The van der Waals surface area contributed by atoms with Gasteiger partial charge in [-0.3, -0.25) is 5.43 Å². The predicted octanol–water partition coefficient (Wildman–Crippen LogP) is 4.58. The summed E-state index contributed by atoms with van der Waals surface area (Å²) >= 11 is 0. The topological polar surface area (TPSA) is 24.4 Å². The third-order valence-corrected chi connectivity index (χ3v) is 3.01. The second-order valence-electron chi connectivity index (χ2n) is 4.53. The van der Waals surface area contributed by atoms with Gasteiger partial charge >= 0.3 is 0 Å². The monoisotopic (exact) mass is 314 g/mol. The lowest BCUT2D eigenvalue weighted by Gasteiger charge is -2.08. The van der Waals surface area contributed by atoms with Gasteiger partial charge in [0.2, 0.25) is 5.82 Å². The fourth-order valence-corrected chi connectivity index (χ4v) is 1.76. The van der Waals surface area contributed by atoms with E-state index in [0.29, 0.717) is 0 Å². The molecule has 22 heavy (non-hydrogen) atoms. The van der Waals surface area contributed by atoms with Crippen molar-refractivity contribution in [2.75, 3.05) is 5.43 Å². The molecule has 2 nitrogen and oxygen atoms in total. The van der Waals surface area contributed by atoms with Gasteiger partial charge in [-0.15, -0.1) is 0 Å². The number of halogens is 5. The Bertz CT molecular complexity index is 672. The molecule has 1 atom stereocenters. The number of rotatable bonds is 4. The van der Waals surface area contributed by atoms with Crippen molar-refractivity contribution >= 4 is 11.9 Å². The van der Waals surface area contributed by atoms with Crippen molar-refractivity contribution in [2.24, 2.45) is 5.10 Å². The van der Waals surface area contributed by atoms with Gasteiger partial charge < -0.3 is 0 Å². The summed E-state index contributed by atoms with van der Waals surface area (Å²) in [6.45, 7) is 1.76. The van der Waals surface area contributed by atoms with Crippen molar-refractivity contribution in [3.05, 3.63) is 65.0 Å². The Hall–Kier alpha value is -2.44. The Morgan fingerprint density at radius 3 is 1.91 bits per heavy atom. The number of hydrogen-bond donors (Lipinski definition) is 1. The zero-order valence-corrected chi connectivity index (χ0v) is 11.4. The van der Waals surface area contributed by atoms with Gasteiger partial charge in [0.25, 0.3) is 0 Å². The number of nitrogens with zero attached hydrogens (tertiary/aromatic N) is 1. The molecule has 0 aromatic heterocycles. The van der Waals surface area contributed by atoms with Crippen LogP contribution in [0.25, 0.3) is 0 Å². The van der Waals surface area contributed by atoms with Gasteiger partial charge in [0.1, 0.15) is 5.69 Å². The van der Waals surface area contributed by atoms with E-state index in [9.17, 15) is 22.0 Å². The van der Waals surface area contributed by atoms with Crippen LogP contribution in [0, 0.1) is 29.1 Å². The molecule has 0 spiro atoms. The lowest BCUT2D eigenvalue weighted by atomic mass is 10.0. The normalized spacial score (nSPS) is 12.6. The van der Waals surface area contributed by atoms with Crippen molar-refractivity contribution in [2.45, 2.75) is 12.8 Å². The van der Waals surface area contributed by atoms with Gasteiger partial charge in [-0.25, -0.2) is 22.0 Å². The number of hydrogen-bond acceptors (Lipinski definition) is 2. The molecule has 0 radical (unpaired) electrons. The summed E-state index contributed by atoms with van der Waals surface area (Å²) in [4.78, 5) is 0. The SMILES string of the molecule is C[C@H](/C=N\Nc1c(F)c(F)c(F)c(F)c1F)c1ccccc1. The highest BCUT2D eigenvalue weighted by Gasteiger charge is 2.25. The molecule has 0 heterocycles. The van der Waals surface area contributed by atoms with Crippen LogP contribution in [0.1, 0.15) is 18.4 Å². The van der Waals surface area contributed by atoms with E-state index in [2.05, 4.69) is 5.10 Å². The third kappa shape index (κ3) is 3.08. The summed E-state index contributed by atoms with van der Waals surface area (Å²) < 4.78 is 65.7. The summed E-state index contributed by atoms with van der Waals surface area (Å²) in [6.07, 6.45) is 1.30. The van der Waals surface area contributed by atoms with Gasteiger partial charge in [0.05, 0.1) is 0 Å². The first kappa shape index (κ1) is 15.9. The summed E-state index contributed by atoms with van der Waals surface area (Å²) in [7, 11) is 0. The smallest absolute Gasteiger partial charge is 0.200 e. The van der Waals surface area contributed by atoms with Crippen molar-refractivity contribution < 1.29 is 22.0 Å². The summed E-state index contributed by atoms with van der Waals surface area (Å²) in [5, 5.41) is 3.54. The first-order valence-corrected chi connectivity index (χ1v) is 6.29. The Kier molecular flexibility index (Phi) is 4.75. The van der Waals surface area contributed by atoms with Crippen molar-refractivity contribution in [3.8, 4) is 0 Å². The first-order valence-electron chi connectivity index (χ1n) is 6.29. The first-order chi connectivity index (χ1) is 10.4. The highest BCUT2D eigenvalue weighted by molar-refractivity contribution is 5.68. The maximum absolute atomic E-state index is 13.4. The van der Waals surface area contributed by atoms with Crippen LogP contribution < -0.4 is 5.43 Å². The fourth-order valence-electron chi connectivity index (χ4n) is 1.76. The molecule has 0 saturated carbocycles. The molecule has 0 fully saturated rings. The largest absolute Gasteiger partial charge is 0.273 e. The van der Waals surface area contributed by atoms with Crippen LogP contribution in [0.3, 0.4) is 0 Å². The molecule has 2 rings (SSSR count). The minimum absolute atomic E-state index is 0.213. The van der Waals surface area contributed by atoms with E-state index in [0.717, 1.165) is 5.56 Å². The van der Waals surface area contributed by atoms with Gasteiger partial charge in [-0.05, 0) is 5.56 Å². The van der Waals surface area contributed by atoms with E-state index in [-0.39, 0.29) is 5.92 Å². The minimum atomic E-state index is -2.21. The maximum atomic E-state index is 13.4. The number of benzene rings is 2. The zero-order valence-electron chi connectivity index (χ0n) is 11.4. The molecule has 2 aromatic carbocycles. The molecule has 0 aliphatic carbocycles. The molecular formula is C15H11F5N2. The molecule has 7 heteroatoms. The lowest BCUT2D eigenvalue weighted by molar-refractivity contribution is 0.381. The van der Waals surface area contributed by atoms with E-state index in [1.54, 1.807) is 19.1 Å². The van der Waals surface area contributed by atoms with E-state index in [4.69, 9.17) is 0 Å². The van der Waals surface area contributed by atoms with Crippen molar-refractivity contribution in [3.63, 3.8) is 0 Å². The van der Waals surface area contributed by atoms with Crippen LogP contribution in [-0.2, 0) is 0 Å². The highest BCUT2D eigenvalue weighted by atomic mass is 19.2. The van der Waals surface area contributed by atoms with Crippen molar-refractivity contribution in [1.29, 1.82) is 0 Å². The van der Waals surface area contributed by atoms with Crippen LogP contribution in [0.5, 0.6) is 0 Å². The van der Waals surface area contributed by atoms with Crippen LogP contribution in [-0.4, -0.2) is 6.21 Å². The van der Waals surface area contributed by atoms with E-state index < -0.39 is 34.8 Å². The Morgan fingerprint density at radius 1 is 0.864 bits per heavy atom. The van der Waals surface area contributed by atoms with Crippen LogP contribution >= 0.6 is 0 Å². The molecule has 2 aromatic rings. The average molecular weight is 314 g/mol. The molecule has 0 amide bonds. The Balaban J connectivity index is 2.20. The van der Waals surface area contributed by atoms with Crippen molar-refractivity contribution in [1.82, 2.24) is 0 Å². The molecule has 0 bridgehead atoms. The molecule has 1 N–H and O–H groups in total. The van der Waals surface area contributed by atoms with Crippen LogP contribution in [0.2, 0.25) is 0 Å². The molecule has 116 valence electrons. The van der Waals surface area contributed by atoms with E-state index >= 15 is 0 Å². The van der Waals surface area contributed by atoms with E-state index in [1.807, 2.05) is 23.6 Å². The Morgan fingerprint density at radius 2 is 1.36 bits per heavy atom. The lowest BCUT2D eigenvalue weighted by Crippen LogP contribution is -2.07. The standard InChI is InChI=1S/C15H11F5N2/c1-8(9-5-3-2-4-6-9)7-21-22-15-13(19)11(17)10(16)12(18)14(15)20/h2-8,22H,1H3/b21-7-/t8-/m1/s1. The van der Waals surface area contributed by atoms with Gasteiger partial charge in [-0.2, -0.15) is 5.10 Å². The summed E-state index contributed by atoms with van der Waals surface area (Å²) in [5.41, 5.74) is 1.56. The van der Waals surface area contributed by atoms with Crippen LogP contribution in [0.15, 0.2) is 35.4 Å². The fraction of sp³-hybridized carbons (Fsp3) is 0.133. The third-order valence-electron chi connectivity index (χ3n) is 3.01. The minimum Gasteiger partial charge on any atom is -0.273 e. The molecular weight excluding hydrogens is 303 g/mol. The molecule has 0 saturated heterocycles. The second kappa shape index (κ2) is 6.55. The van der Waals surface area contributed by atoms with Crippen LogP contribution in [0.4, 0.5) is 27.6 Å².